The van der Waals surface area contributed by atoms with Crippen molar-refractivity contribution < 1.29 is 28.2 Å². The van der Waals surface area contributed by atoms with Crippen LogP contribution in [0.4, 0.5) is 0 Å². The molecule has 0 spiro atoms. The Hall–Kier alpha value is -5.49. The average molecular weight is 905 g/mol. The van der Waals surface area contributed by atoms with Crippen LogP contribution < -0.4 is 61.7 Å². The Bertz CT molecular complexity index is 2400. The minimum Gasteiger partial charge on any atom is -0.449 e. The monoisotopic (exact) mass is 904 g/mol. The predicted molar refractivity (Wildman–Crippen MR) is 252 cm³/mol. The lowest BCUT2D eigenvalue weighted by molar-refractivity contribution is 0.334. The second-order valence-electron chi connectivity index (χ2n) is 14.0. The van der Waals surface area contributed by atoms with Crippen LogP contribution in [-0.4, -0.2) is 32.7 Å². The predicted octanol–water partition coefficient (Wildman–Crippen LogP) is 10.5. The molecule has 1 aliphatic rings. The van der Waals surface area contributed by atoms with E-state index in [1.54, 1.807) is 0 Å². The van der Waals surface area contributed by atoms with Gasteiger partial charge in [-0.3, -0.25) is 0 Å². The molecule has 326 valence electrons. The van der Waals surface area contributed by atoms with Crippen LogP contribution in [-0.2, 0) is 32.1 Å². The quantitative estimate of drug-likeness (QED) is 0.0350. The van der Waals surface area contributed by atoms with E-state index in [1.165, 1.54) is 0 Å². The van der Waals surface area contributed by atoms with E-state index in [-0.39, 0.29) is 34.5 Å². The Morgan fingerprint density at radius 2 is 0.667 bits per heavy atom. The van der Waals surface area contributed by atoms with Crippen molar-refractivity contribution in [3.8, 4) is 63.2 Å². The van der Waals surface area contributed by atoms with Gasteiger partial charge in [0.05, 0.1) is 0 Å². The lowest BCUT2D eigenvalue weighted by Gasteiger charge is -2.27. The van der Waals surface area contributed by atoms with Gasteiger partial charge in [0.2, 0.25) is 34.5 Å². The highest BCUT2D eigenvalue weighted by Crippen LogP contribution is 2.65. The van der Waals surface area contributed by atoms with Crippen LogP contribution in [0.15, 0.2) is 130 Å². The van der Waals surface area contributed by atoms with E-state index in [0.717, 1.165) is 27.8 Å². The second-order valence-corrected chi connectivity index (χ2v) is 17.4. The molecule has 1 atom stereocenters. The van der Waals surface area contributed by atoms with E-state index in [0.29, 0.717) is 111 Å². The second kappa shape index (κ2) is 23.3. The molecule has 6 aromatic carbocycles. The zero-order valence-electron chi connectivity index (χ0n) is 34.7. The van der Waals surface area contributed by atoms with Gasteiger partial charge < -0.3 is 56.9 Å². The average Bonchev–Trinajstić information content (AvgIpc) is 3.30. The summed E-state index contributed by atoms with van der Waals surface area (Å²) in [5.74, 6) is 3.28. The summed E-state index contributed by atoms with van der Waals surface area (Å²) < 4.78 is 51.7. The van der Waals surface area contributed by atoms with Crippen LogP contribution in [0.5, 0.6) is 63.2 Å². The van der Waals surface area contributed by atoms with E-state index in [4.69, 9.17) is 56.9 Å². The number of nitrogens with one attached hydrogen (secondary N) is 1. The normalized spacial score (nSPS) is 13.6. The number of hydrogen-bond acceptors (Lipinski definition) is 14. The van der Waals surface area contributed by atoms with Crippen molar-refractivity contribution in [2.75, 3.05) is 32.7 Å². The first kappa shape index (κ1) is 45.5. The fourth-order valence-electron chi connectivity index (χ4n) is 6.82. The van der Waals surface area contributed by atoms with Crippen molar-refractivity contribution in [2.45, 2.75) is 32.1 Å². The van der Waals surface area contributed by atoms with Gasteiger partial charge in [0.15, 0.2) is 8.52 Å². The van der Waals surface area contributed by atoms with Gasteiger partial charge in [-0.1, -0.05) is 91.0 Å². The molecule has 0 saturated heterocycles. The molecule has 7 rings (SSSR count). The van der Waals surface area contributed by atoms with E-state index < -0.39 is 8.45 Å². The summed E-state index contributed by atoms with van der Waals surface area (Å²) in [7, 11) is -0.652. The maximum Gasteiger partial charge on any atom is 0.311 e. The Balaban J connectivity index is 1.64. The summed E-state index contributed by atoms with van der Waals surface area (Å²) in [4.78, 5) is 3.26. The summed E-state index contributed by atoms with van der Waals surface area (Å²) in [6, 6.07) is 38.3. The zero-order chi connectivity index (χ0) is 43.8. The minimum absolute atomic E-state index is 0.120. The van der Waals surface area contributed by atoms with E-state index in [9.17, 15) is 0 Å². The summed E-state index contributed by atoms with van der Waals surface area (Å²) >= 11 is 0. The largest absolute Gasteiger partial charge is 0.449 e. The molecule has 14 nitrogen and oxygen atoms in total. The number of nitrogens with two attached hydrogens (primary N) is 5. The number of benzene rings is 6. The number of rotatable bonds is 22. The topological polar surface area (TPSA) is 222 Å². The maximum atomic E-state index is 7.16. The lowest BCUT2D eigenvalue weighted by atomic mass is 10.1. The number of nitrogens with zero attached hydrogens (tertiary/aromatic N) is 2. The highest BCUT2D eigenvalue weighted by Gasteiger charge is 2.37. The molecule has 0 fully saturated rings. The third-order valence-electron chi connectivity index (χ3n) is 9.74. The van der Waals surface area contributed by atoms with E-state index in [1.807, 2.05) is 121 Å². The SMILES string of the molecule is NCCc1ccccc1Oc1c(Oc2ccccc2CCN)c(Oc2ccccc2CCN)c(OP2N=PN=PN2)c(Oc2ccccc2CCN)c1Oc1ccccc1CCN. The Morgan fingerprint density at radius 3 is 0.921 bits per heavy atom. The molecule has 0 aliphatic carbocycles. The van der Waals surface area contributed by atoms with Gasteiger partial charge in [-0.05, 0) is 123 Å². The molecule has 0 bridgehead atoms. The van der Waals surface area contributed by atoms with Crippen molar-refractivity contribution in [1.29, 1.82) is 0 Å². The van der Waals surface area contributed by atoms with Gasteiger partial charge in [-0.2, -0.15) is 13.9 Å². The van der Waals surface area contributed by atoms with Crippen molar-refractivity contribution in [2.24, 2.45) is 37.7 Å². The Morgan fingerprint density at radius 1 is 0.397 bits per heavy atom. The number of hydrogen-bond donors (Lipinski definition) is 6. The number of para-hydroxylation sites is 5. The summed E-state index contributed by atoms with van der Waals surface area (Å²) in [6.45, 7) is 1.89. The Labute approximate surface area is 372 Å². The molecule has 1 aliphatic heterocycles. The molecule has 17 heteroatoms. The van der Waals surface area contributed by atoms with Crippen molar-refractivity contribution in [3.05, 3.63) is 149 Å². The van der Waals surface area contributed by atoms with Crippen LogP contribution in [0, 0.1) is 0 Å². The minimum atomic E-state index is -1.74. The molecule has 11 N–H and O–H groups in total. The molecule has 1 heterocycles. The summed E-state index contributed by atoms with van der Waals surface area (Å²) in [5, 5.41) is 0. The van der Waals surface area contributed by atoms with Gasteiger partial charge >= 0.3 is 8.45 Å². The third-order valence-corrected chi connectivity index (χ3v) is 12.8. The molecule has 0 saturated carbocycles. The first-order chi connectivity index (χ1) is 31.0. The molecule has 1 unspecified atom stereocenters. The van der Waals surface area contributed by atoms with Gasteiger partial charge in [-0.25, -0.2) is 0 Å². The Kier molecular flexibility index (Phi) is 16.8. The van der Waals surface area contributed by atoms with Crippen LogP contribution in [0.3, 0.4) is 0 Å². The van der Waals surface area contributed by atoms with Crippen LogP contribution in [0.25, 0.3) is 0 Å². The van der Waals surface area contributed by atoms with Crippen molar-refractivity contribution in [1.82, 2.24) is 4.86 Å². The molecule has 0 amide bonds. The zero-order valence-corrected chi connectivity index (χ0v) is 37.4. The lowest BCUT2D eigenvalue weighted by Crippen LogP contribution is -2.09. The molecular formula is C46H51N8O6P3. The highest BCUT2D eigenvalue weighted by molar-refractivity contribution is 7.64. The molecule has 6 aromatic rings. The first-order valence-electron chi connectivity index (χ1n) is 20.6. The third kappa shape index (κ3) is 11.6. The molecular weight excluding hydrogens is 853 g/mol. The van der Waals surface area contributed by atoms with Crippen LogP contribution >= 0.6 is 25.5 Å². The smallest absolute Gasteiger partial charge is 0.311 e. The van der Waals surface area contributed by atoms with E-state index in [2.05, 4.69) is 13.9 Å². The van der Waals surface area contributed by atoms with Gasteiger partial charge in [0, 0.05) is 0 Å². The van der Waals surface area contributed by atoms with Gasteiger partial charge in [0.1, 0.15) is 37.3 Å². The molecule has 0 radical (unpaired) electrons. The van der Waals surface area contributed by atoms with Crippen LogP contribution in [0.2, 0.25) is 0 Å². The van der Waals surface area contributed by atoms with Gasteiger partial charge in [-0.15, -0.1) is 0 Å². The summed E-state index contributed by atoms with van der Waals surface area (Å²) in [5.41, 5.74) is 35.0. The van der Waals surface area contributed by atoms with Crippen molar-refractivity contribution in [3.63, 3.8) is 0 Å². The van der Waals surface area contributed by atoms with E-state index >= 15 is 0 Å². The fraction of sp³-hybridized carbons (Fsp3) is 0.217. The fourth-order valence-corrected chi connectivity index (χ4v) is 9.73. The molecule has 63 heavy (non-hydrogen) atoms. The number of ether oxygens (including phenoxy) is 5. The van der Waals surface area contributed by atoms with Crippen LogP contribution in [0.1, 0.15) is 27.8 Å². The first-order valence-corrected chi connectivity index (χ1v) is 23.5. The maximum absolute atomic E-state index is 7.16. The molecule has 0 aromatic heterocycles. The highest BCUT2D eigenvalue weighted by atomic mass is 31.2. The van der Waals surface area contributed by atoms with Crippen molar-refractivity contribution >= 4 is 25.5 Å². The van der Waals surface area contributed by atoms with Gasteiger partial charge in [0.25, 0.3) is 0 Å². The summed E-state index contributed by atoms with van der Waals surface area (Å²) in [6.07, 6.45) is 2.62. The standard InChI is InChI=1S/C46H51N8O6P3/c47-26-21-31-11-1-6-16-36(31)55-41-42(56-37-17-7-2-12-32(37)22-27-48)44(58-39-19-9-4-14-34(39)24-29-50)46(60-63-53-61-52-62-54-63)45(59-40-20-10-5-15-35(40)25-30-51)43(41)57-38-18-8-3-13-33(38)23-28-49/h1-20H,21-30,47-51H2,(H,52,53,54).